The number of unbranched alkanes of at least 4 members (excludes halogenated alkanes) is 8. The van der Waals surface area contributed by atoms with Crippen LogP contribution in [0, 0.1) is 5.82 Å². The van der Waals surface area contributed by atoms with Crippen molar-refractivity contribution in [3.8, 4) is 11.5 Å². The zero-order chi connectivity index (χ0) is 47.3. The summed E-state index contributed by atoms with van der Waals surface area (Å²) in [6.07, 6.45) is 11.5. The zero-order valence-corrected chi connectivity index (χ0v) is 38.5. The van der Waals surface area contributed by atoms with Crippen LogP contribution in [0.25, 0.3) is 0 Å². The lowest BCUT2D eigenvalue weighted by atomic mass is 10.0. The summed E-state index contributed by atoms with van der Waals surface area (Å²) in [6.45, 7) is 6.59. The van der Waals surface area contributed by atoms with Crippen molar-refractivity contribution in [2.24, 2.45) is 0 Å². The number of nitrogens with one attached hydrogen (secondary N) is 3. The maximum Gasteiger partial charge on any atom is 0.329 e. The van der Waals surface area contributed by atoms with Gasteiger partial charge in [0.25, 0.3) is 15.9 Å². The first-order valence-electron chi connectivity index (χ1n) is 22.0. The van der Waals surface area contributed by atoms with Crippen LogP contribution in [0.2, 0.25) is 0 Å². The van der Waals surface area contributed by atoms with Crippen molar-refractivity contribution < 1.29 is 65.5 Å². The van der Waals surface area contributed by atoms with E-state index in [1.165, 1.54) is 54.7 Å². The molecule has 3 rings (SSSR count). The van der Waals surface area contributed by atoms with Gasteiger partial charge in [-0.2, -0.15) is 0 Å². The third-order valence-electron chi connectivity index (χ3n) is 9.20. The van der Waals surface area contributed by atoms with E-state index < -0.39 is 34.1 Å². The fraction of sp³-hybridized carbons (Fsp3) is 0.543. The average Bonchev–Trinajstić information content (AvgIpc) is 3.25. The number of halogens is 1. The highest BCUT2D eigenvalue weighted by atomic mass is 32.2. The Morgan fingerprint density at radius 3 is 1.89 bits per heavy atom. The molecule has 2 amide bonds. The second kappa shape index (κ2) is 30.1. The predicted molar refractivity (Wildman–Crippen MR) is 240 cm³/mol. The molecule has 3 aromatic rings. The number of amides is 2. The number of hydrogen-bond donors (Lipinski definition) is 4. The Balaban J connectivity index is 1.27. The molecule has 65 heavy (non-hydrogen) atoms. The molecule has 0 atom stereocenters. The molecule has 1 aromatic heterocycles. The van der Waals surface area contributed by atoms with Crippen molar-refractivity contribution >= 4 is 39.6 Å². The minimum absolute atomic E-state index is 0.00917. The fourth-order valence-corrected chi connectivity index (χ4v) is 7.05. The minimum atomic E-state index is -4.03. The minimum Gasteiger partial charge on any atom is -0.480 e. The third kappa shape index (κ3) is 24.6. The van der Waals surface area contributed by atoms with Crippen molar-refractivity contribution in [2.75, 3.05) is 70.7 Å². The van der Waals surface area contributed by atoms with E-state index in [2.05, 4.69) is 20.3 Å². The monoisotopic (exact) mass is 932 g/mol. The Morgan fingerprint density at radius 2 is 1.28 bits per heavy atom. The molecule has 0 fully saturated rings. The number of carboxylic acid groups (broad SMARTS) is 1. The summed E-state index contributed by atoms with van der Waals surface area (Å²) >= 11 is 0. The van der Waals surface area contributed by atoms with E-state index in [0.29, 0.717) is 29.9 Å². The Labute approximate surface area is 381 Å². The first-order valence-corrected chi connectivity index (χ1v) is 23.4. The fourth-order valence-electron chi connectivity index (χ4n) is 6.05. The molecule has 0 bridgehead atoms. The Hall–Kier alpha value is -5.21. The van der Waals surface area contributed by atoms with E-state index in [0.717, 1.165) is 57.8 Å². The van der Waals surface area contributed by atoms with Gasteiger partial charge in [0.2, 0.25) is 5.91 Å². The lowest BCUT2D eigenvalue weighted by molar-refractivity contribution is -0.155. The average molecular weight is 933 g/mol. The number of carbonyl (C=O) groups is 4. The summed E-state index contributed by atoms with van der Waals surface area (Å²) in [4.78, 5) is 50.5. The van der Waals surface area contributed by atoms with Gasteiger partial charge < -0.3 is 44.2 Å². The SMILES string of the molecule is CC(C)(C)OC(=O)CCCCCCCCCCCc1cc(Oc2ccc(S(=O)(=O)Nc3ccc(C(=O)NCCOCCOCC(=O)NCCOCCOCC(=O)O)cn3)cc2)ccc1F. The quantitative estimate of drug-likeness (QED) is 0.0366. The number of benzene rings is 2. The molecule has 0 saturated carbocycles. The predicted octanol–water partition coefficient (Wildman–Crippen LogP) is 6.60. The smallest absolute Gasteiger partial charge is 0.329 e. The van der Waals surface area contributed by atoms with Gasteiger partial charge in [0, 0.05) is 25.7 Å². The number of aryl methyl sites for hydroxylation is 1. The number of ether oxygens (including phenoxy) is 6. The van der Waals surface area contributed by atoms with E-state index in [4.69, 9.17) is 33.5 Å². The summed E-state index contributed by atoms with van der Waals surface area (Å²) in [5.41, 5.74) is 0.322. The lowest BCUT2D eigenvalue weighted by Gasteiger charge is -2.19. The van der Waals surface area contributed by atoms with Crippen LogP contribution in [0.15, 0.2) is 65.7 Å². The van der Waals surface area contributed by atoms with Crippen LogP contribution in [0.4, 0.5) is 10.2 Å². The lowest BCUT2D eigenvalue weighted by Crippen LogP contribution is -2.31. The summed E-state index contributed by atoms with van der Waals surface area (Å²) in [6, 6.07) is 13.1. The molecule has 0 unspecified atom stereocenters. The normalized spacial score (nSPS) is 11.5. The van der Waals surface area contributed by atoms with Crippen LogP contribution in [0.5, 0.6) is 11.5 Å². The van der Waals surface area contributed by atoms with Gasteiger partial charge in [-0.05, 0) is 100 Å². The van der Waals surface area contributed by atoms with Gasteiger partial charge in [0.1, 0.15) is 41.9 Å². The van der Waals surface area contributed by atoms with Crippen LogP contribution in [0.1, 0.15) is 101 Å². The topological polar surface area (TPSA) is 227 Å². The van der Waals surface area contributed by atoms with Crippen LogP contribution < -0.4 is 20.1 Å². The molecule has 0 aliphatic carbocycles. The molecule has 0 saturated heterocycles. The Bertz CT molecular complexity index is 2000. The van der Waals surface area contributed by atoms with Crippen molar-refractivity contribution in [1.29, 1.82) is 0 Å². The van der Waals surface area contributed by atoms with Gasteiger partial charge in [-0.15, -0.1) is 0 Å². The number of pyridine rings is 1. The van der Waals surface area contributed by atoms with Gasteiger partial charge in [0.15, 0.2) is 0 Å². The van der Waals surface area contributed by atoms with Crippen molar-refractivity contribution in [1.82, 2.24) is 15.6 Å². The Morgan fingerprint density at radius 1 is 0.692 bits per heavy atom. The van der Waals surface area contributed by atoms with Crippen molar-refractivity contribution in [2.45, 2.75) is 102 Å². The highest BCUT2D eigenvalue weighted by Gasteiger charge is 2.17. The second-order valence-electron chi connectivity index (χ2n) is 16.0. The van der Waals surface area contributed by atoms with Crippen LogP contribution in [-0.2, 0) is 54.5 Å². The summed E-state index contributed by atoms with van der Waals surface area (Å²) in [7, 11) is -4.03. The second-order valence-corrected chi connectivity index (χ2v) is 17.6. The number of aromatic nitrogens is 1. The van der Waals surface area contributed by atoms with Crippen LogP contribution >= 0.6 is 0 Å². The number of esters is 1. The van der Waals surface area contributed by atoms with Gasteiger partial charge in [-0.1, -0.05) is 44.9 Å². The molecule has 19 heteroatoms. The first kappa shape index (κ1) is 54.1. The third-order valence-corrected chi connectivity index (χ3v) is 10.6. The highest BCUT2D eigenvalue weighted by Crippen LogP contribution is 2.27. The number of hydrogen-bond acceptors (Lipinski definition) is 13. The van der Waals surface area contributed by atoms with E-state index in [1.807, 2.05) is 20.8 Å². The van der Waals surface area contributed by atoms with Gasteiger partial charge >= 0.3 is 11.9 Å². The molecule has 17 nitrogen and oxygen atoms in total. The van der Waals surface area contributed by atoms with E-state index in [9.17, 15) is 32.0 Å². The Kier molecular flexibility index (Phi) is 25.0. The van der Waals surface area contributed by atoms with Crippen LogP contribution in [0.3, 0.4) is 0 Å². The molecule has 0 aliphatic heterocycles. The number of aliphatic carboxylic acids is 1. The van der Waals surface area contributed by atoms with Gasteiger partial charge in [0.05, 0.1) is 50.1 Å². The van der Waals surface area contributed by atoms with E-state index >= 15 is 0 Å². The molecule has 0 spiro atoms. The summed E-state index contributed by atoms with van der Waals surface area (Å²) in [5, 5.41) is 13.8. The number of rotatable bonds is 34. The van der Waals surface area contributed by atoms with Crippen molar-refractivity contribution in [3.05, 3.63) is 77.7 Å². The van der Waals surface area contributed by atoms with E-state index in [-0.39, 0.29) is 93.3 Å². The standard InChI is InChI=1S/C46H65FN4O13S/c1-46(2,3)64-44(55)14-12-10-8-6-4-5-7-9-11-13-35-31-38(18-21-40(35)47)63-37-16-19-39(20-17-37)65(57,58)51-41-22-15-36(32-50-41)45(56)49-24-26-60-27-29-61-33-42(52)48-23-25-59-28-30-62-34-43(53)54/h15-22,31-32H,4-14,23-30,33-34H2,1-3H3,(H,48,52)(H,49,56)(H,50,51)(H,53,54). The number of nitrogens with zero attached hydrogens (tertiary/aromatic N) is 1. The maximum atomic E-state index is 14.6. The zero-order valence-electron chi connectivity index (χ0n) is 37.7. The van der Waals surface area contributed by atoms with E-state index in [1.54, 1.807) is 6.07 Å². The van der Waals surface area contributed by atoms with Gasteiger partial charge in [-0.3, -0.25) is 19.1 Å². The molecule has 360 valence electrons. The number of sulfonamides is 1. The molecular weight excluding hydrogens is 868 g/mol. The molecule has 0 radical (unpaired) electrons. The summed E-state index contributed by atoms with van der Waals surface area (Å²) in [5.74, 6) is -1.45. The largest absolute Gasteiger partial charge is 0.480 e. The number of anilines is 1. The maximum absolute atomic E-state index is 14.6. The molecular formula is C46H65FN4O13S. The summed E-state index contributed by atoms with van der Waals surface area (Å²) < 4.78 is 75.1. The number of carbonyl (C=O) groups excluding carboxylic acids is 3. The highest BCUT2D eigenvalue weighted by molar-refractivity contribution is 7.92. The first-order chi connectivity index (χ1) is 31.1. The van der Waals surface area contributed by atoms with Crippen molar-refractivity contribution in [3.63, 3.8) is 0 Å². The number of carboxylic acids is 1. The molecule has 1 heterocycles. The molecule has 0 aliphatic rings. The molecule has 2 aromatic carbocycles. The van der Waals surface area contributed by atoms with Gasteiger partial charge in [-0.25, -0.2) is 22.6 Å². The molecule has 4 N–H and O–H groups in total. The van der Waals surface area contributed by atoms with Crippen LogP contribution in [-0.4, -0.2) is 114 Å².